The van der Waals surface area contributed by atoms with Gasteiger partial charge in [0.2, 0.25) is 0 Å². The molecule has 0 radical (unpaired) electrons. The largest absolute Gasteiger partial charge is 0.299 e. The fourth-order valence-corrected chi connectivity index (χ4v) is 2.08. The summed E-state index contributed by atoms with van der Waals surface area (Å²) >= 11 is 0. The van der Waals surface area contributed by atoms with Crippen LogP contribution in [0.3, 0.4) is 0 Å². The summed E-state index contributed by atoms with van der Waals surface area (Å²) in [5.74, 6) is -0.106. The zero-order chi connectivity index (χ0) is 13.2. The highest BCUT2D eigenvalue weighted by atomic mass is 16.2. The van der Waals surface area contributed by atoms with Gasteiger partial charge < -0.3 is 0 Å². The third kappa shape index (κ3) is 1.97. The molecule has 4 nitrogen and oxygen atoms in total. The van der Waals surface area contributed by atoms with E-state index >= 15 is 0 Å². The molecule has 0 N–H and O–H groups in total. The number of amides is 1. The number of para-hydroxylation sites is 2. The van der Waals surface area contributed by atoms with Crippen LogP contribution in [0.4, 0.5) is 11.4 Å². The Balaban J connectivity index is 2.18. The van der Waals surface area contributed by atoms with Crippen LogP contribution in [0.25, 0.3) is 0 Å². The smallest absolute Gasteiger partial charge is 0.275 e. The molecule has 1 heterocycles. The maximum atomic E-state index is 12.2. The molecule has 2 aromatic rings. The standard InChI is InChI=1S/C15H13N3O/c1-17-15(19)13-9-5-6-10-14(13)18(11-16-17)12-7-3-2-4-8-12/h2-11H,1H3. The Morgan fingerprint density at radius 3 is 2.42 bits per heavy atom. The van der Waals surface area contributed by atoms with E-state index in [1.165, 1.54) is 5.01 Å². The number of carbonyl (C=O) groups is 1. The number of fused-ring (bicyclic) bond motifs is 1. The van der Waals surface area contributed by atoms with E-state index in [2.05, 4.69) is 5.10 Å². The van der Waals surface area contributed by atoms with Gasteiger partial charge in [-0.3, -0.25) is 9.69 Å². The third-order valence-corrected chi connectivity index (χ3v) is 3.06. The Kier molecular flexibility index (Phi) is 2.76. The monoisotopic (exact) mass is 251 g/mol. The Morgan fingerprint density at radius 1 is 0.947 bits per heavy atom. The van der Waals surface area contributed by atoms with Crippen LogP contribution in [-0.2, 0) is 0 Å². The van der Waals surface area contributed by atoms with Gasteiger partial charge in [-0.2, -0.15) is 5.10 Å². The molecule has 0 fully saturated rings. The highest BCUT2D eigenvalue weighted by Gasteiger charge is 2.22. The zero-order valence-corrected chi connectivity index (χ0v) is 10.5. The summed E-state index contributed by atoms with van der Waals surface area (Å²) in [4.78, 5) is 14.1. The van der Waals surface area contributed by atoms with Gasteiger partial charge in [0, 0.05) is 12.7 Å². The molecular formula is C15H13N3O. The van der Waals surface area contributed by atoms with E-state index < -0.39 is 0 Å². The fourth-order valence-electron chi connectivity index (χ4n) is 2.08. The molecule has 0 spiro atoms. The van der Waals surface area contributed by atoms with Crippen molar-refractivity contribution in [1.29, 1.82) is 0 Å². The van der Waals surface area contributed by atoms with Crippen LogP contribution in [0.1, 0.15) is 10.4 Å². The lowest BCUT2D eigenvalue weighted by atomic mass is 10.1. The number of hydrogen-bond donors (Lipinski definition) is 0. The van der Waals surface area contributed by atoms with E-state index in [0.29, 0.717) is 5.56 Å². The molecule has 1 amide bonds. The normalized spacial score (nSPS) is 14.3. The predicted octanol–water partition coefficient (Wildman–Crippen LogP) is 2.85. The highest BCUT2D eigenvalue weighted by molar-refractivity contribution is 6.06. The molecule has 0 aromatic heterocycles. The minimum atomic E-state index is -0.106. The van der Waals surface area contributed by atoms with Gasteiger partial charge in [-0.1, -0.05) is 30.3 Å². The van der Waals surface area contributed by atoms with Crippen LogP contribution in [0.5, 0.6) is 0 Å². The van der Waals surface area contributed by atoms with Gasteiger partial charge in [-0.25, -0.2) is 5.01 Å². The molecule has 0 saturated heterocycles. The number of rotatable bonds is 1. The van der Waals surface area contributed by atoms with Gasteiger partial charge in [0.25, 0.3) is 5.91 Å². The first kappa shape index (κ1) is 11.5. The second-order valence-electron chi connectivity index (χ2n) is 4.28. The van der Waals surface area contributed by atoms with Crippen LogP contribution >= 0.6 is 0 Å². The van der Waals surface area contributed by atoms with E-state index in [1.54, 1.807) is 13.4 Å². The summed E-state index contributed by atoms with van der Waals surface area (Å²) in [5, 5.41) is 5.51. The lowest BCUT2D eigenvalue weighted by Crippen LogP contribution is -2.19. The average molecular weight is 251 g/mol. The van der Waals surface area contributed by atoms with E-state index in [0.717, 1.165) is 11.4 Å². The summed E-state index contributed by atoms with van der Waals surface area (Å²) in [5.41, 5.74) is 2.46. The Morgan fingerprint density at radius 2 is 1.63 bits per heavy atom. The minimum absolute atomic E-state index is 0.106. The molecule has 2 aromatic carbocycles. The van der Waals surface area contributed by atoms with Crippen LogP contribution < -0.4 is 4.90 Å². The van der Waals surface area contributed by atoms with E-state index in [1.807, 2.05) is 59.5 Å². The van der Waals surface area contributed by atoms with Crippen LogP contribution in [0, 0.1) is 0 Å². The number of anilines is 2. The molecule has 0 bridgehead atoms. The topological polar surface area (TPSA) is 35.9 Å². The minimum Gasteiger partial charge on any atom is -0.299 e. The Hall–Kier alpha value is -2.62. The molecule has 4 heteroatoms. The molecular weight excluding hydrogens is 238 g/mol. The maximum Gasteiger partial charge on any atom is 0.275 e. The third-order valence-electron chi connectivity index (χ3n) is 3.06. The Labute approximate surface area is 111 Å². The summed E-state index contributed by atoms with van der Waals surface area (Å²) < 4.78 is 0. The quantitative estimate of drug-likeness (QED) is 0.781. The van der Waals surface area contributed by atoms with E-state index in [-0.39, 0.29) is 5.91 Å². The van der Waals surface area contributed by atoms with Crippen molar-refractivity contribution in [3.63, 3.8) is 0 Å². The number of nitrogens with zero attached hydrogens (tertiary/aromatic N) is 3. The SMILES string of the molecule is CN1N=CN(c2ccccc2)c2ccccc2C1=O. The van der Waals surface area contributed by atoms with Crippen molar-refractivity contribution in [2.75, 3.05) is 11.9 Å². The van der Waals surface area contributed by atoms with Crippen molar-refractivity contribution in [3.8, 4) is 0 Å². The summed E-state index contributed by atoms with van der Waals surface area (Å²) in [6, 6.07) is 17.4. The molecule has 3 rings (SSSR count). The van der Waals surface area contributed by atoms with Crippen molar-refractivity contribution in [3.05, 3.63) is 60.2 Å². The number of carbonyl (C=O) groups excluding carboxylic acids is 1. The van der Waals surface area contributed by atoms with Gasteiger partial charge >= 0.3 is 0 Å². The van der Waals surface area contributed by atoms with Crippen LogP contribution in [-0.4, -0.2) is 24.3 Å². The van der Waals surface area contributed by atoms with E-state index in [9.17, 15) is 4.79 Å². The van der Waals surface area contributed by atoms with Crippen LogP contribution in [0.15, 0.2) is 59.7 Å². The zero-order valence-electron chi connectivity index (χ0n) is 10.5. The van der Waals surface area contributed by atoms with Crippen molar-refractivity contribution in [2.24, 2.45) is 5.10 Å². The molecule has 0 saturated carbocycles. The molecule has 94 valence electrons. The fraction of sp³-hybridized carbons (Fsp3) is 0.0667. The van der Waals surface area contributed by atoms with Crippen molar-refractivity contribution >= 4 is 23.6 Å². The van der Waals surface area contributed by atoms with Gasteiger partial charge in [-0.05, 0) is 24.3 Å². The maximum absolute atomic E-state index is 12.2. The first-order valence-electron chi connectivity index (χ1n) is 6.03. The Bertz CT molecular complexity index is 637. The lowest BCUT2D eigenvalue weighted by Gasteiger charge is -2.19. The first-order valence-corrected chi connectivity index (χ1v) is 6.03. The predicted molar refractivity (Wildman–Crippen MR) is 75.6 cm³/mol. The lowest BCUT2D eigenvalue weighted by molar-refractivity contribution is 0.0802. The van der Waals surface area contributed by atoms with Gasteiger partial charge in [0.15, 0.2) is 0 Å². The molecule has 0 atom stereocenters. The van der Waals surface area contributed by atoms with Gasteiger partial charge in [0.1, 0.15) is 6.34 Å². The van der Waals surface area contributed by atoms with Crippen molar-refractivity contribution in [2.45, 2.75) is 0 Å². The number of hydrazone groups is 1. The van der Waals surface area contributed by atoms with E-state index in [4.69, 9.17) is 0 Å². The summed E-state index contributed by atoms with van der Waals surface area (Å²) in [7, 11) is 1.66. The van der Waals surface area contributed by atoms with Gasteiger partial charge in [0.05, 0.1) is 11.3 Å². The first-order chi connectivity index (χ1) is 9.27. The molecule has 19 heavy (non-hydrogen) atoms. The van der Waals surface area contributed by atoms with Crippen molar-refractivity contribution < 1.29 is 4.79 Å². The van der Waals surface area contributed by atoms with Crippen LogP contribution in [0.2, 0.25) is 0 Å². The molecule has 1 aliphatic rings. The highest BCUT2D eigenvalue weighted by Crippen LogP contribution is 2.29. The second-order valence-corrected chi connectivity index (χ2v) is 4.28. The summed E-state index contributed by atoms with van der Waals surface area (Å²) in [6.45, 7) is 0. The molecule has 0 unspecified atom stereocenters. The summed E-state index contributed by atoms with van der Waals surface area (Å²) in [6.07, 6.45) is 1.67. The average Bonchev–Trinajstić information content (AvgIpc) is 2.59. The molecule has 1 aliphatic heterocycles. The van der Waals surface area contributed by atoms with Gasteiger partial charge in [-0.15, -0.1) is 0 Å². The number of hydrogen-bond acceptors (Lipinski definition) is 3. The second kappa shape index (κ2) is 4.57. The number of benzene rings is 2. The molecule has 0 aliphatic carbocycles. The van der Waals surface area contributed by atoms with Crippen molar-refractivity contribution in [1.82, 2.24) is 5.01 Å².